The van der Waals surface area contributed by atoms with E-state index in [-0.39, 0.29) is 52.3 Å². The highest BCUT2D eigenvalue weighted by atomic mass is 19.1. The van der Waals surface area contributed by atoms with Crippen LogP contribution in [0.4, 0.5) is 25.1 Å². The average molecular weight is 631 g/mol. The molecule has 12 nitrogen and oxygen atoms in total. The number of aromatic nitrogens is 3. The van der Waals surface area contributed by atoms with Crippen molar-refractivity contribution in [1.82, 2.24) is 14.1 Å². The summed E-state index contributed by atoms with van der Waals surface area (Å²) < 4.78 is 41.6. The van der Waals surface area contributed by atoms with Crippen LogP contribution in [0.2, 0.25) is 0 Å². The molecule has 0 atom stereocenters. The number of benzene rings is 2. The number of ether oxygens (including phenoxy) is 2. The van der Waals surface area contributed by atoms with Crippen molar-refractivity contribution in [1.29, 1.82) is 5.26 Å². The largest absolute Gasteiger partial charge is 0.453 e. The Bertz CT molecular complexity index is 1990. The lowest BCUT2D eigenvalue weighted by atomic mass is 10.2. The molecule has 236 valence electrons. The van der Waals surface area contributed by atoms with Crippen LogP contribution in [0.15, 0.2) is 70.5 Å². The second kappa shape index (κ2) is 12.6. The van der Waals surface area contributed by atoms with Gasteiger partial charge in [0.1, 0.15) is 28.6 Å². The average Bonchev–Trinajstić information content (AvgIpc) is 3.80. The van der Waals surface area contributed by atoms with Crippen LogP contribution >= 0.6 is 0 Å². The molecule has 1 aliphatic carbocycles. The third kappa shape index (κ3) is 7.27. The topological polar surface area (TPSA) is 157 Å². The molecule has 1 saturated carbocycles. The maximum Gasteiger partial charge on any atom is 0.413 e. The molecule has 4 aromatic rings. The minimum Gasteiger partial charge on any atom is -0.453 e. The number of nitriles is 1. The highest BCUT2D eigenvalue weighted by Crippen LogP contribution is 2.32. The fraction of sp³-hybridized carbons (Fsp3) is 0.250. The number of nitrogens with zero attached hydrogens (tertiary/aromatic N) is 4. The second-order valence-electron chi connectivity index (χ2n) is 11.5. The maximum atomic E-state index is 15.2. The Labute approximate surface area is 260 Å². The Hall–Kier alpha value is -5.84. The van der Waals surface area contributed by atoms with Gasteiger partial charge in [0.25, 0.3) is 11.5 Å². The summed E-state index contributed by atoms with van der Waals surface area (Å²) in [5.41, 5.74) is -2.94. The molecular formula is C32H28F2N6O6. The zero-order chi connectivity index (χ0) is 33.2. The van der Waals surface area contributed by atoms with E-state index in [1.54, 1.807) is 20.8 Å². The molecule has 1 fully saturated rings. The van der Waals surface area contributed by atoms with Gasteiger partial charge in [0, 0.05) is 36.8 Å². The predicted molar refractivity (Wildman–Crippen MR) is 162 cm³/mol. The van der Waals surface area contributed by atoms with Crippen molar-refractivity contribution < 1.29 is 27.8 Å². The molecule has 2 N–H and O–H groups in total. The van der Waals surface area contributed by atoms with Gasteiger partial charge < -0.3 is 14.8 Å². The molecule has 2 heterocycles. The zero-order valence-corrected chi connectivity index (χ0v) is 25.0. The molecule has 2 amide bonds. The fourth-order valence-corrected chi connectivity index (χ4v) is 4.40. The number of nitrogens with one attached hydrogen (secondary N) is 2. The number of amides is 2. The van der Waals surface area contributed by atoms with E-state index < -0.39 is 40.5 Å². The Morgan fingerprint density at radius 2 is 1.76 bits per heavy atom. The van der Waals surface area contributed by atoms with Crippen molar-refractivity contribution in [3.05, 3.63) is 105 Å². The number of carbonyl (C=O) groups excluding carboxylic acids is 2. The molecule has 0 aliphatic heterocycles. The van der Waals surface area contributed by atoms with Crippen LogP contribution in [0.1, 0.15) is 49.5 Å². The highest BCUT2D eigenvalue weighted by Gasteiger charge is 2.26. The van der Waals surface area contributed by atoms with E-state index in [4.69, 9.17) is 9.47 Å². The second-order valence-corrected chi connectivity index (χ2v) is 11.5. The molecule has 0 radical (unpaired) electrons. The molecule has 46 heavy (non-hydrogen) atoms. The molecule has 2 aromatic carbocycles. The summed E-state index contributed by atoms with van der Waals surface area (Å²) in [6, 6.07) is 11.3. The normalized spacial score (nSPS) is 12.6. The van der Waals surface area contributed by atoms with Crippen LogP contribution in [-0.2, 0) is 11.3 Å². The monoisotopic (exact) mass is 630 g/mol. The van der Waals surface area contributed by atoms with Gasteiger partial charge in [-0.15, -0.1) is 0 Å². The Morgan fingerprint density at radius 1 is 1.04 bits per heavy atom. The molecule has 0 saturated heterocycles. The van der Waals surface area contributed by atoms with Crippen molar-refractivity contribution in [3.8, 4) is 23.3 Å². The van der Waals surface area contributed by atoms with Gasteiger partial charge in [-0.2, -0.15) is 5.26 Å². The number of carbonyl (C=O) groups is 2. The Balaban J connectivity index is 1.39. The Kier molecular flexibility index (Phi) is 8.68. The lowest BCUT2D eigenvalue weighted by Gasteiger charge is -2.20. The van der Waals surface area contributed by atoms with E-state index in [1.807, 2.05) is 6.07 Å². The van der Waals surface area contributed by atoms with Crippen LogP contribution < -0.4 is 26.6 Å². The molecule has 0 bridgehead atoms. The van der Waals surface area contributed by atoms with E-state index in [1.165, 1.54) is 47.3 Å². The van der Waals surface area contributed by atoms with Gasteiger partial charge >= 0.3 is 11.8 Å². The molecule has 2 aromatic heterocycles. The van der Waals surface area contributed by atoms with Crippen LogP contribution in [-0.4, -0.2) is 31.7 Å². The molecule has 0 spiro atoms. The third-order valence-corrected chi connectivity index (χ3v) is 6.69. The lowest BCUT2D eigenvalue weighted by molar-refractivity contribution is 0.0635. The van der Waals surface area contributed by atoms with Gasteiger partial charge in [-0.25, -0.2) is 27.9 Å². The molecule has 1 aliphatic rings. The van der Waals surface area contributed by atoms with Crippen LogP contribution in [0, 0.1) is 28.9 Å². The first-order valence-corrected chi connectivity index (χ1v) is 14.1. The molecular weight excluding hydrogens is 602 g/mol. The standard InChI is InChI=1S/C32H28F2N6O6/c1-32(2,3)46-30(43)38-27-22(15-35)25(12-13-36-27)45-26-11-8-20(14-24(26)34)37-28(41)23-17-39(16-18-4-5-18)31(44)40(29(23)42)21-9-6-19(33)7-10-21/h6-14,17-18H,4-5,16H2,1-3H3,(H,37,41)(H,36,38,43). The molecule has 14 heteroatoms. The van der Waals surface area contributed by atoms with Crippen molar-refractivity contribution in [2.45, 2.75) is 45.8 Å². The number of hydrogen-bond acceptors (Lipinski definition) is 8. The van der Waals surface area contributed by atoms with Crippen LogP contribution in [0.25, 0.3) is 5.69 Å². The minimum atomic E-state index is -0.931. The number of pyridine rings is 1. The van der Waals surface area contributed by atoms with Gasteiger partial charge in [-0.1, -0.05) is 0 Å². The highest BCUT2D eigenvalue weighted by molar-refractivity contribution is 6.03. The first-order chi connectivity index (χ1) is 21.8. The van der Waals surface area contributed by atoms with Crippen molar-refractivity contribution >= 4 is 23.5 Å². The smallest absolute Gasteiger partial charge is 0.413 e. The van der Waals surface area contributed by atoms with E-state index in [0.29, 0.717) is 0 Å². The summed E-state index contributed by atoms with van der Waals surface area (Å²) >= 11 is 0. The summed E-state index contributed by atoms with van der Waals surface area (Å²) in [4.78, 5) is 55.9. The number of halogens is 2. The van der Waals surface area contributed by atoms with E-state index in [9.17, 15) is 28.8 Å². The predicted octanol–water partition coefficient (Wildman–Crippen LogP) is 5.35. The third-order valence-electron chi connectivity index (χ3n) is 6.69. The summed E-state index contributed by atoms with van der Waals surface area (Å²) in [6.07, 6.45) is 3.36. The van der Waals surface area contributed by atoms with Gasteiger partial charge in [0.05, 0.1) is 5.69 Å². The number of anilines is 2. The first-order valence-electron chi connectivity index (χ1n) is 14.1. The minimum absolute atomic E-state index is 0.0370. The molecule has 5 rings (SSSR count). The van der Waals surface area contributed by atoms with Gasteiger partial charge in [0.2, 0.25) is 0 Å². The van der Waals surface area contributed by atoms with Crippen LogP contribution in [0.5, 0.6) is 11.5 Å². The number of hydrogen-bond donors (Lipinski definition) is 2. The fourth-order valence-electron chi connectivity index (χ4n) is 4.40. The van der Waals surface area contributed by atoms with Crippen molar-refractivity contribution in [2.75, 3.05) is 10.6 Å². The van der Waals surface area contributed by atoms with Crippen molar-refractivity contribution in [3.63, 3.8) is 0 Å². The SMILES string of the molecule is CC(C)(C)OC(=O)Nc1nccc(Oc2ccc(NC(=O)c3cn(CC4CC4)c(=O)n(-c4ccc(F)cc4)c3=O)cc2F)c1C#N. The summed E-state index contributed by atoms with van der Waals surface area (Å²) in [6.45, 7) is 5.28. The maximum absolute atomic E-state index is 15.2. The summed E-state index contributed by atoms with van der Waals surface area (Å²) in [7, 11) is 0. The van der Waals surface area contributed by atoms with Gasteiger partial charge in [0.15, 0.2) is 23.1 Å². The van der Waals surface area contributed by atoms with Crippen LogP contribution in [0.3, 0.4) is 0 Å². The zero-order valence-electron chi connectivity index (χ0n) is 25.0. The summed E-state index contributed by atoms with van der Waals surface area (Å²) in [5, 5.41) is 14.5. The van der Waals surface area contributed by atoms with Gasteiger partial charge in [-0.3, -0.25) is 19.5 Å². The Morgan fingerprint density at radius 3 is 2.39 bits per heavy atom. The van der Waals surface area contributed by atoms with E-state index >= 15 is 4.39 Å². The summed E-state index contributed by atoms with van der Waals surface area (Å²) in [5.74, 6) is -2.77. The first kappa shape index (κ1) is 31.6. The van der Waals surface area contributed by atoms with Gasteiger partial charge in [-0.05, 0) is 75.9 Å². The molecule has 0 unspecified atom stereocenters. The lowest BCUT2D eigenvalue weighted by Crippen LogP contribution is -2.42. The quantitative estimate of drug-likeness (QED) is 0.264. The number of rotatable bonds is 8. The van der Waals surface area contributed by atoms with Crippen molar-refractivity contribution in [2.24, 2.45) is 5.92 Å². The van der Waals surface area contributed by atoms with E-state index in [0.717, 1.165) is 35.6 Å². The van der Waals surface area contributed by atoms with E-state index in [2.05, 4.69) is 15.6 Å².